The first-order chi connectivity index (χ1) is 15.7. The van der Waals surface area contributed by atoms with Crippen molar-refractivity contribution in [1.29, 1.82) is 0 Å². The fourth-order valence-corrected chi connectivity index (χ4v) is 8.82. The molecule has 0 radical (unpaired) electrons. The third-order valence-corrected chi connectivity index (χ3v) is 10.3. The molecule has 0 amide bonds. The van der Waals surface area contributed by atoms with Crippen molar-refractivity contribution in [1.82, 2.24) is 0 Å². The van der Waals surface area contributed by atoms with Gasteiger partial charge in [0, 0.05) is 11.6 Å². The summed E-state index contributed by atoms with van der Waals surface area (Å²) in [5.41, 5.74) is 1.25. The minimum Gasteiger partial charge on any atom is -0.491 e. The van der Waals surface area contributed by atoms with Crippen LogP contribution in [0.2, 0.25) is 0 Å². The largest absolute Gasteiger partial charge is 0.491 e. The van der Waals surface area contributed by atoms with E-state index in [0.717, 1.165) is 16.4 Å². The van der Waals surface area contributed by atoms with E-state index in [1.807, 2.05) is 6.07 Å². The summed E-state index contributed by atoms with van der Waals surface area (Å²) in [4.78, 5) is 0. The van der Waals surface area contributed by atoms with Gasteiger partial charge >= 0.3 is 0 Å². The summed E-state index contributed by atoms with van der Waals surface area (Å²) < 4.78 is 12.1. The van der Waals surface area contributed by atoms with Crippen LogP contribution >= 0.6 is 23.2 Å². The highest BCUT2D eigenvalue weighted by Gasteiger charge is 2.45. The van der Waals surface area contributed by atoms with E-state index in [1.165, 1.54) is 21.5 Å². The highest BCUT2D eigenvalue weighted by molar-refractivity contribution is 9.10. The number of rotatable bonds is 9. The van der Waals surface area contributed by atoms with E-state index in [9.17, 15) is 0 Å². The Morgan fingerprint density at radius 2 is 1.16 bits per heavy atom. The first-order valence-corrected chi connectivity index (χ1v) is 13.5. The fourth-order valence-electron chi connectivity index (χ4n) is 4.08. The molecular formula is C28H27BrO2P+. The molecule has 0 spiro atoms. The van der Waals surface area contributed by atoms with Crippen molar-refractivity contribution in [3.63, 3.8) is 0 Å². The molecule has 0 saturated carbocycles. The summed E-state index contributed by atoms with van der Waals surface area (Å²) in [5, 5.41) is 4.12. The second-order valence-electron chi connectivity index (χ2n) is 7.61. The molecule has 0 heterocycles. The SMILES string of the molecule is COCCOc1cc(Br)cc(C[P+](c2ccccc2)(c2ccccc2)c2ccccc2)c1. The lowest BCUT2D eigenvalue weighted by Gasteiger charge is -2.28. The van der Waals surface area contributed by atoms with Gasteiger partial charge in [-0.2, -0.15) is 0 Å². The van der Waals surface area contributed by atoms with Gasteiger partial charge in [0.1, 0.15) is 35.5 Å². The van der Waals surface area contributed by atoms with Gasteiger partial charge in [0.15, 0.2) is 0 Å². The lowest BCUT2D eigenvalue weighted by atomic mass is 10.2. The Morgan fingerprint density at radius 3 is 1.62 bits per heavy atom. The van der Waals surface area contributed by atoms with Crippen molar-refractivity contribution >= 4 is 39.1 Å². The van der Waals surface area contributed by atoms with Gasteiger partial charge < -0.3 is 9.47 Å². The van der Waals surface area contributed by atoms with Crippen LogP contribution in [-0.2, 0) is 10.9 Å². The first kappa shape index (κ1) is 22.7. The van der Waals surface area contributed by atoms with Gasteiger partial charge in [-0.1, -0.05) is 70.5 Å². The van der Waals surface area contributed by atoms with Crippen LogP contribution in [0.5, 0.6) is 5.75 Å². The lowest BCUT2D eigenvalue weighted by Crippen LogP contribution is -2.32. The molecule has 2 nitrogen and oxygen atoms in total. The second kappa shape index (κ2) is 10.9. The Bertz CT molecular complexity index is 1020. The maximum Gasteiger partial charge on any atom is 0.120 e. The van der Waals surface area contributed by atoms with E-state index in [2.05, 4.69) is 119 Å². The molecule has 0 aliphatic carbocycles. The molecule has 0 atom stereocenters. The highest BCUT2D eigenvalue weighted by Crippen LogP contribution is 2.58. The molecule has 0 bridgehead atoms. The summed E-state index contributed by atoms with van der Waals surface area (Å²) in [6.07, 6.45) is 0.908. The van der Waals surface area contributed by atoms with Gasteiger partial charge in [-0.3, -0.25) is 0 Å². The van der Waals surface area contributed by atoms with Crippen LogP contribution < -0.4 is 20.7 Å². The minimum atomic E-state index is -1.95. The predicted molar refractivity (Wildman–Crippen MR) is 140 cm³/mol. The second-order valence-corrected chi connectivity index (χ2v) is 12.0. The molecule has 0 aromatic heterocycles. The van der Waals surface area contributed by atoms with Crippen LogP contribution in [0, 0.1) is 0 Å². The third-order valence-electron chi connectivity index (χ3n) is 5.50. The highest BCUT2D eigenvalue weighted by atomic mass is 79.9. The molecule has 0 unspecified atom stereocenters. The smallest absolute Gasteiger partial charge is 0.120 e. The zero-order chi connectivity index (χ0) is 22.2. The number of benzene rings is 4. The zero-order valence-electron chi connectivity index (χ0n) is 18.2. The van der Waals surface area contributed by atoms with Gasteiger partial charge in [0.05, 0.1) is 12.8 Å². The molecule has 4 aromatic carbocycles. The molecular weight excluding hydrogens is 479 g/mol. The Hall–Kier alpha value is -2.45. The van der Waals surface area contributed by atoms with E-state index in [1.54, 1.807) is 7.11 Å². The van der Waals surface area contributed by atoms with Crippen LogP contribution in [0.1, 0.15) is 5.56 Å². The molecule has 0 fully saturated rings. The van der Waals surface area contributed by atoms with E-state index >= 15 is 0 Å². The quantitative estimate of drug-likeness (QED) is 0.206. The number of hydrogen-bond donors (Lipinski definition) is 0. The number of hydrogen-bond acceptors (Lipinski definition) is 2. The Labute approximate surface area is 199 Å². The van der Waals surface area contributed by atoms with Gasteiger partial charge in [0.2, 0.25) is 0 Å². The van der Waals surface area contributed by atoms with E-state index in [0.29, 0.717) is 13.2 Å². The van der Waals surface area contributed by atoms with Crippen molar-refractivity contribution in [3.8, 4) is 5.75 Å². The first-order valence-electron chi connectivity index (χ1n) is 10.7. The number of methoxy groups -OCH3 is 1. The average Bonchev–Trinajstić information content (AvgIpc) is 2.84. The summed E-state index contributed by atoms with van der Waals surface area (Å²) in [5.74, 6) is 0.860. The number of ether oxygens (including phenoxy) is 2. The molecule has 162 valence electrons. The van der Waals surface area contributed by atoms with Gasteiger partial charge in [0.25, 0.3) is 0 Å². The van der Waals surface area contributed by atoms with Gasteiger partial charge in [-0.25, -0.2) is 0 Å². The maximum absolute atomic E-state index is 5.96. The minimum absolute atomic E-state index is 0.530. The number of halogens is 1. The molecule has 4 rings (SSSR count). The van der Waals surface area contributed by atoms with Crippen LogP contribution in [0.15, 0.2) is 114 Å². The molecule has 4 heteroatoms. The van der Waals surface area contributed by atoms with E-state index in [-0.39, 0.29) is 0 Å². The third kappa shape index (κ3) is 5.13. The Balaban J connectivity index is 1.87. The van der Waals surface area contributed by atoms with Crippen molar-refractivity contribution in [2.45, 2.75) is 6.16 Å². The maximum atomic E-state index is 5.96. The topological polar surface area (TPSA) is 18.5 Å². The van der Waals surface area contributed by atoms with Crippen molar-refractivity contribution in [3.05, 3.63) is 119 Å². The van der Waals surface area contributed by atoms with Crippen LogP contribution in [0.3, 0.4) is 0 Å². The molecule has 0 aliphatic heterocycles. The van der Waals surface area contributed by atoms with Gasteiger partial charge in [-0.05, 0) is 60.2 Å². The monoisotopic (exact) mass is 505 g/mol. The van der Waals surface area contributed by atoms with Crippen molar-refractivity contribution in [2.24, 2.45) is 0 Å². The van der Waals surface area contributed by atoms with Crippen molar-refractivity contribution < 1.29 is 9.47 Å². The Morgan fingerprint density at radius 1 is 0.656 bits per heavy atom. The predicted octanol–water partition coefficient (Wildman–Crippen LogP) is 5.97. The summed E-state index contributed by atoms with van der Waals surface area (Å²) in [7, 11) is -0.259. The molecule has 0 N–H and O–H groups in total. The van der Waals surface area contributed by atoms with Crippen molar-refractivity contribution in [2.75, 3.05) is 20.3 Å². The normalized spacial score (nSPS) is 11.3. The van der Waals surface area contributed by atoms with Gasteiger partial charge in [-0.15, -0.1) is 0 Å². The molecule has 4 aromatic rings. The van der Waals surface area contributed by atoms with E-state index in [4.69, 9.17) is 9.47 Å². The van der Waals surface area contributed by atoms with E-state index < -0.39 is 7.26 Å². The zero-order valence-corrected chi connectivity index (χ0v) is 20.6. The Kier molecular flexibility index (Phi) is 7.76. The summed E-state index contributed by atoms with van der Waals surface area (Å²) in [6.45, 7) is 1.10. The molecule has 32 heavy (non-hydrogen) atoms. The standard InChI is InChI=1S/C28H27BrO2P/c1-30-17-18-31-25-20-23(19-24(29)21-25)22-32(26-11-5-2-6-12-26,27-13-7-3-8-14-27)28-15-9-4-10-16-28/h2-16,19-21H,17-18,22H2,1H3/q+1. The molecule has 0 aliphatic rings. The van der Waals surface area contributed by atoms with Crippen LogP contribution in [0.25, 0.3) is 0 Å². The lowest BCUT2D eigenvalue weighted by molar-refractivity contribution is 0.146. The molecule has 0 saturated heterocycles. The average molecular weight is 506 g/mol. The van der Waals surface area contributed by atoms with Crippen LogP contribution in [0.4, 0.5) is 0 Å². The summed E-state index contributed by atoms with van der Waals surface area (Å²) >= 11 is 3.70. The van der Waals surface area contributed by atoms with Crippen LogP contribution in [-0.4, -0.2) is 20.3 Å². The fraction of sp³-hybridized carbons (Fsp3) is 0.143. The summed E-state index contributed by atoms with van der Waals surface area (Å²) in [6, 6.07) is 39.3.